The first-order chi connectivity index (χ1) is 13.8. The lowest BCUT2D eigenvalue weighted by Gasteiger charge is -2.33. The van der Waals surface area contributed by atoms with Gasteiger partial charge in [0, 0.05) is 16.8 Å². The highest BCUT2D eigenvalue weighted by Crippen LogP contribution is 2.28. The van der Waals surface area contributed by atoms with Gasteiger partial charge in [-0.2, -0.15) is 4.31 Å². The summed E-state index contributed by atoms with van der Waals surface area (Å²) in [5.41, 5.74) is 1.37. The normalized spacial score (nSPS) is 15.4. The van der Waals surface area contributed by atoms with Crippen LogP contribution in [0, 0.1) is 12.7 Å². The van der Waals surface area contributed by atoms with Gasteiger partial charge in [-0.1, -0.05) is 30.9 Å². The second kappa shape index (κ2) is 9.24. The van der Waals surface area contributed by atoms with Crippen LogP contribution in [0.25, 0.3) is 0 Å². The SMILES string of the molecule is Cc1cc(Cl)ccc1NC(=O)CN(C1CCCCC1)S(=O)(=O)c1ccc(F)cc1. The van der Waals surface area contributed by atoms with Gasteiger partial charge >= 0.3 is 0 Å². The van der Waals surface area contributed by atoms with E-state index in [9.17, 15) is 17.6 Å². The Labute approximate surface area is 175 Å². The molecule has 0 heterocycles. The van der Waals surface area contributed by atoms with Gasteiger partial charge in [-0.3, -0.25) is 4.79 Å². The summed E-state index contributed by atoms with van der Waals surface area (Å²) in [6, 6.07) is 9.53. The fraction of sp³-hybridized carbons (Fsp3) is 0.381. The van der Waals surface area contributed by atoms with Crippen LogP contribution in [-0.2, 0) is 14.8 Å². The number of halogens is 2. The molecule has 0 unspecified atom stereocenters. The topological polar surface area (TPSA) is 66.5 Å². The third-order valence-corrected chi connectivity index (χ3v) is 7.31. The maximum absolute atomic E-state index is 13.3. The largest absolute Gasteiger partial charge is 0.325 e. The minimum absolute atomic E-state index is 0.0139. The number of hydrogen-bond donors (Lipinski definition) is 1. The van der Waals surface area contributed by atoms with Gasteiger partial charge in [0.05, 0.1) is 11.4 Å². The molecular formula is C21H24ClFN2O3S. The van der Waals surface area contributed by atoms with E-state index in [-0.39, 0.29) is 17.5 Å². The van der Waals surface area contributed by atoms with E-state index in [4.69, 9.17) is 11.6 Å². The quantitative estimate of drug-likeness (QED) is 0.707. The molecule has 0 aliphatic heterocycles. The molecule has 2 aromatic rings. The van der Waals surface area contributed by atoms with Crippen LogP contribution >= 0.6 is 11.6 Å². The number of nitrogens with zero attached hydrogens (tertiary/aromatic N) is 1. The van der Waals surface area contributed by atoms with Crippen molar-refractivity contribution < 1.29 is 17.6 Å². The molecule has 1 fully saturated rings. The van der Waals surface area contributed by atoms with Crippen molar-refractivity contribution in [2.24, 2.45) is 0 Å². The molecule has 3 rings (SSSR count). The summed E-state index contributed by atoms with van der Waals surface area (Å²) >= 11 is 5.95. The number of hydrogen-bond acceptors (Lipinski definition) is 3. The van der Waals surface area contributed by atoms with Crippen LogP contribution in [0.1, 0.15) is 37.7 Å². The highest BCUT2D eigenvalue weighted by Gasteiger charge is 2.34. The van der Waals surface area contributed by atoms with Crippen molar-refractivity contribution in [2.75, 3.05) is 11.9 Å². The zero-order chi connectivity index (χ0) is 21.0. The number of nitrogens with one attached hydrogen (secondary N) is 1. The molecule has 5 nitrogen and oxygen atoms in total. The van der Waals surface area contributed by atoms with Gasteiger partial charge < -0.3 is 5.32 Å². The molecule has 1 N–H and O–H groups in total. The fourth-order valence-corrected chi connectivity index (χ4v) is 5.49. The Morgan fingerprint density at radius 1 is 1.14 bits per heavy atom. The lowest BCUT2D eigenvalue weighted by molar-refractivity contribution is -0.116. The standard InChI is InChI=1S/C21H24ClFN2O3S/c1-15-13-16(22)7-12-20(15)24-21(26)14-25(18-5-3-2-4-6-18)29(27,28)19-10-8-17(23)9-11-19/h7-13,18H,2-6,14H2,1H3,(H,24,26). The van der Waals surface area contributed by atoms with Crippen LogP contribution in [0.3, 0.4) is 0 Å². The summed E-state index contributed by atoms with van der Waals surface area (Å²) in [5, 5.41) is 3.33. The zero-order valence-electron chi connectivity index (χ0n) is 16.2. The van der Waals surface area contributed by atoms with Gasteiger partial charge in [0.2, 0.25) is 15.9 Å². The van der Waals surface area contributed by atoms with E-state index in [1.807, 2.05) is 6.92 Å². The third kappa shape index (κ3) is 5.35. The van der Waals surface area contributed by atoms with Crippen LogP contribution in [-0.4, -0.2) is 31.2 Å². The van der Waals surface area contributed by atoms with Crippen molar-refractivity contribution in [1.29, 1.82) is 0 Å². The van der Waals surface area contributed by atoms with Crippen LogP contribution < -0.4 is 5.32 Å². The summed E-state index contributed by atoms with van der Waals surface area (Å²) in [7, 11) is -3.94. The Balaban J connectivity index is 1.85. The number of anilines is 1. The molecule has 1 saturated carbocycles. The van der Waals surface area contributed by atoms with Gasteiger partial charge in [-0.25, -0.2) is 12.8 Å². The highest BCUT2D eigenvalue weighted by atomic mass is 35.5. The number of benzene rings is 2. The van der Waals surface area contributed by atoms with Gasteiger partial charge in [0.1, 0.15) is 5.82 Å². The van der Waals surface area contributed by atoms with E-state index < -0.39 is 21.7 Å². The average molecular weight is 439 g/mol. The Hall–Kier alpha value is -1.96. The van der Waals surface area contributed by atoms with Crippen molar-refractivity contribution >= 4 is 33.2 Å². The predicted octanol–water partition coefficient (Wildman–Crippen LogP) is 4.75. The number of carbonyl (C=O) groups excluding carboxylic acids is 1. The maximum atomic E-state index is 13.3. The molecule has 0 atom stereocenters. The molecule has 0 aromatic heterocycles. The summed E-state index contributed by atoms with van der Waals surface area (Å²) in [6.07, 6.45) is 4.29. The molecule has 1 aliphatic carbocycles. The number of sulfonamides is 1. The third-order valence-electron chi connectivity index (χ3n) is 5.16. The van der Waals surface area contributed by atoms with Gasteiger partial charge in [0.25, 0.3) is 0 Å². The van der Waals surface area contributed by atoms with Crippen LogP contribution in [0.5, 0.6) is 0 Å². The molecule has 0 saturated heterocycles. The van der Waals surface area contributed by atoms with Crippen LogP contribution in [0.4, 0.5) is 10.1 Å². The van der Waals surface area contributed by atoms with Crippen LogP contribution in [0.15, 0.2) is 47.4 Å². The van der Waals surface area contributed by atoms with E-state index in [1.54, 1.807) is 18.2 Å². The monoisotopic (exact) mass is 438 g/mol. The summed E-state index contributed by atoms with van der Waals surface area (Å²) < 4.78 is 41.0. The van der Waals surface area contributed by atoms with E-state index in [0.717, 1.165) is 37.0 Å². The first-order valence-electron chi connectivity index (χ1n) is 9.61. The lowest BCUT2D eigenvalue weighted by atomic mass is 9.95. The molecule has 29 heavy (non-hydrogen) atoms. The van der Waals surface area contributed by atoms with Crippen LogP contribution in [0.2, 0.25) is 5.02 Å². The zero-order valence-corrected chi connectivity index (χ0v) is 17.8. The molecule has 0 radical (unpaired) electrons. The predicted molar refractivity (Wildman–Crippen MR) is 112 cm³/mol. The Morgan fingerprint density at radius 2 is 1.79 bits per heavy atom. The van der Waals surface area contributed by atoms with Gasteiger partial charge in [-0.15, -0.1) is 0 Å². The van der Waals surface area contributed by atoms with E-state index in [1.165, 1.54) is 16.4 Å². The van der Waals surface area contributed by atoms with E-state index >= 15 is 0 Å². The second-order valence-corrected chi connectivity index (χ2v) is 9.63. The van der Waals surface area contributed by atoms with E-state index in [0.29, 0.717) is 23.6 Å². The maximum Gasteiger partial charge on any atom is 0.243 e. The number of carbonyl (C=O) groups is 1. The molecule has 1 aliphatic rings. The minimum atomic E-state index is -3.94. The van der Waals surface area contributed by atoms with Crippen molar-refractivity contribution in [1.82, 2.24) is 4.31 Å². The van der Waals surface area contributed by atoms with Crippen molar-refractivity contribution in [3.63, 3.8) is 0 Å². The first-order valence-corrected chi connectivity index (χ1v) is 11.4. The van der Waals surface area contributed by atoms with Crippen molar-refractivity contribution in [2.45, 2.75) is 50.0 Å². The molecule has 2 aromatic carbocycles. The molecule has 0 bridgehead atoms. The van der Waals surface area contributed by atoms with Gasteiger partial charge in [0.15, 0.2) is 0 Å². The molecule has 8 heteroatoms. The van der Waals surface area contributed by atoms with Crippen molar-refractivity contribution in [3.05, 3.63) is 58.9 Å². The summed E-state index contributed by atoms with van der Waals surface area (Å²) in [5.74, 6) is -0.934. The Kier molecular flexibility index (Phi) is 6.93. The lowest BCUT2D eigenvalue weighted by Crippen LogP contribution is -2.45. The first kappa shape index (κ1) is 21.7. The van der Waals surface area contributed by atoms with E-state index in [2.05, 4.69) is 5.32 Å². The fourth-order valence-electron chi connectivity index (χ4n) is 3.62. The van der Waals surface area contributed by atoms with Crippen molar-refractivity contribution in [3.8, 4) is 0 Å². The molecule has 1 amide bonds. The minimum Gasteiger partial charge on any atom is -0.325 e. The summed E-state index contributed by atoms with van der Waals surface area (Å²) in [6.45, 7) is 1.52. The molecule has 0 spiro atoms. The number of rotatable bonds is 6. The number of aryl methyl sites for hydroxylation is 1. The smallest absolute Gasteiger partial charge is 0.243 e. The summed E-state index contributed by atoms with van der Waals surface area (Å²) in [4.78, 5) is 12.7. The Morgan fingerprint density at radius 3 is 2.41 bits per heavy atom. The average Bonchev–Trinajstić information content (AvgIpc) is 2.69. The molecular weight excluding hydrogens is 415 g/mol. The molecule has 156 valence electrons. The Bertz CT molecular complexity index is 974. The second-order valence-electron chi connectivity index (χ2n) is 7.30. The van der Waals surface area contributed by atoms with Gasteiger partial charge in [-0.05, 0) is 67.8 Å². The highest BCUT2D eigenvalue weighted by molar-refractivity contribution is 7.89. The number of amides is 1.